The molecule has 0 aliphatic carbocycles. The third-order valence-corrected chi connectivity index (χ3v) is 2.46. The van der Waals surface area contributed by atoms with Crippen LogP contribution >= 0.6 is 0 Å². The molecule has 0 bridgehead atoms. The van der Waals surface area contributed by atoms with Crippen molar-refractivity contribution in [2.45, 2.75) is 32.2 Å². The van der Waals surface area contributed by atoms with Crippen molar-refractivity contribution in [3.63, 3.8) is 0 Å². The van der Waals surface area contributed by atoms with Gasteiger partial charge in [-0.1, -0.05) is 19.8 Å². The summed E-state index contributed by atoms with van der Waals surface area (Å²) in [4.78, 5) is 10.00. The number of hydrogen-bond donors (Lipinski definition) is 1. The summed E-state index contributed by atoms with van der Waals surface area (Å²) in [6.07, 6.45) is 2.47. The van der Waals surface area contributed by atoms with Crippen molar-refractivity contribution < 1.29 is 9.31 Å². The topological polar surface area (TPSA) is 69.2 Å². The summed E-state index contributed by atoms with van der Waals surface area (Å²) >= 11 is 0. The Hall–Kier alpha value is -1.49. The lowest BCUT2D eigenvalue weighted by atomic mass is 10.0. The monoisotopic (exact) mass is 226 g/mol. The predicted molar refractivity (Wildman–Crippen MR) is 59.5 cm³/mol. The number of hydrogen-bond acceptors (Lipinski definition) is 3. The van der Waals surface area contributed by atoms with Crippen LogP contribution in [0.15, 0.2) is 18.2 Å². The fraction of sp³-hybridized carbons (Fsp3) is 0.455. The minimum Gasteiger partial charge on any atom is -0.324 e. The Kier molecular flexibility index (Phi) is 4.37. The van der Waals surface area contributed by atoms with Gasteiger partial charge in [0.1, 0.15) is 5.82 Å². The van der Waals surface area contributed by atoms with E-state index in [1.165, 1.54) is 6.07 Å². The van der Waals surface area contributed by atoms with Crippen molar-refractivity contribution in [3.8, 4) is 0 Å². The number of nitro groups is 1. The van der Waals surface area contributed by atoms with Gasteiger partial charge in [-0.2, -0.15) is 0 Å². The van der Waals surface area contributed by atoms with Crippen LogP contribution in [0.25, 0.3) is 0 Å². The number of nitro benzene ring substituents is 1. The van der Waals surface area contributed by atoms with E-state index in [1.54, 1.807) is 0 Å². The van der Waals surface area contributed by atoms with Crippen LogP contribution in [-0.2, 0) is 0 Å². The van der Waals surface area contributed by atoms with Crippen LogP contribution in [0, 0.1) is 15.9 Å². The zero-order chi connectivity index (χ0) is 12.1. The summed E-state index contributed by atoms with van der Waals surface area (Å²) in [5.41, 5.74) is 5.89. The van der Waals surface area contributed by atoms with Gasteiger partial charge in [0, 0.05) is 23.7 Å². The van der Waals surface area contributed by atoms with Crippen LogP contribution in [0.4, 0.5) is 10.1 Å². The Morgan fingerprint density at radius 1 is 1.56 bits per heavy atom. The van der Waals surface area contributed by atoms with Gasteiger partial charge in [0.05, 0.1) is 4.92 Å². The molecule has 1 aromatic carbocycles. The van der Waals surface area contributed by atoms with Crippen LogP contribution in [0.2, 0.25) is 0 Å². The molecule has 0 spiro atoms. The van der Waals surface area contributed by atoms with E-state index in [-0.39, 0.29) is 11.3 Å². The fourth-order valence-corrected chi connectivity index (χ4v) is 1.51. The maximum Gasteiger partial charge on any atom is 0.269 e. The molecular weight excluding hydrogens is 211 g/mol. The molecule has 88 valence electrons. The fourth-order valence-electron chi connectivity index (χ4n) is 1.51. The summed E-state index contributed by atoms with van der Waals surface area (Å²) in [5.74, 6) is -0.478. The molecule has 0 saturated carbocycles. The first-order valence-corrected chi connectivity index (χ1v) is 5.25. The van der Waals surface area contributed by atoms with Crippen molar-refractivity contribution in [1.82, 2.24) is 0 Å². The molecule has 0 amide bonds. The maximum absolute atomic E-state index is 13.4. The van der Waals surface area contributed by atoms with Crippen molar-refractivity contribution in [2.75, 3.05) is 0 Å². The van der Waals surface area contributed by atoms with Crippen LogP contribution in [0.5, 0.6) is 0 Å². The molecular formula is C11H15FN2O2. The Morgan fingerprint density at radius 3 is 2.81 bits per heavy atom. The number of rotatable bonds is 5. The molecule has 0 heterocycles. The van der Waals surface area contributed by atoms with Crippen molar-refractivity contribution in [1.29, 1.82) is 0 Å². The van der Waals surface area contributed by atoms with Crippen molar-refractivity contribution >= 4 is 5.69 Å². The molecule has 0 aliphatic heterocycles. The van der Waals surface area contributed by atoms with E-state index in [9.17, 15) is 14.5 Å². The van der Waals surface area contributed by atoms with Gasteiger partial charge in [0.25, 0.3) is 5.69 Å². The summed E-state index contributed by atoms with van der Waals surface area (Å²) in [5, 5.41) is 10.5. The number of halogens is 1. The molecule has 0 aliphatic rings. The molecule has 1 atom stereocenters. The van der Waals surface area contributed by atoms with E-state index in [1.807, 2.05) is 6.92 Å². The van der Waals surface area contributed by atoms with Crippen LogP contribution in [0.1, 0.15) is 37.8 Å². The number of benzene rings is 1. The largest absolute Gasteiger partial charge is 0.324 e. The van der Waals surface area contributed by atoms with E-state index >= 15 is 0 Å². The van der Waals surface area contributed by atoms with Gasteiger partial charge < -0.3 is 5.73 Å². The van der Waals surface area contributed by atoms with E-state index in [0.717, 1.165) is 25.0 Å². The van der Waals surface area contributed by atoms with Gasteiger partial charge in [-0.25, -0.2) is 4.39 Å². The molecule has 1 aromatic rings. The second-order valence-electron chi connectivity index (χ2n) is 3.71. The number of unbranched alkanes of at least 4 members (excludes halogenated alkanes) is 1. The van der Waals surface area contributed by atoms with E-state index in [2.05, 4.69) is 0 Å². The highest BCUT2D eigenvalue weighted by atomic mass is 19.1. The zero-order valence-electron chi connectivity index (χ0n) is 9.15. The first-order valence-electron chi connectivity index (χ1n) is 5.25. The quantitative estimate of drug-likeness (QED) is 0.619. The van der Waals surface area contributed by atoms with Gasteiger partial charge in [-0.3, -0.25) is 10.1 Å². The predicted octanol–water partition coefficient (Wildman–Crippen LogP) is 2.92. The van der Waals surface area contributed by atoms with Gasteiger partial charge in [-0.05, 0) is 12.5 Å². The maximum atomic E-state index is 13.4. The lowest BCUT2D eigenvalue weighted by molar-refractivity contribution is -0.385. The average Bonchev–Trinajstić information content (AvgIpc) is 2.26. The highest BCUT2D eigenvalue weighted by Gasteiger charge is 2.15. The van der Waals surface area contributed by atoms with Crippen molar-refractivity contribution in [2.24, 2.45) is 5.73 Å². The van der Waals surface area contributed by atoms with Gasteiger partial charge >= 0.3 is 0 Å². The van der Waals surface area contributed by atoms with Gasteiger partial charge in [-0.15, -0.1) is 0 Å². The van der Waals surface area contributed by atoms with Gasteiger partial charge in [0.15, 0.2) is 0 Å². The van der Waals surface area contributed by atoms with E-state index in [0.29, 0.717) is 6.42 Å². The SMILES string of the molecule is CCCC[C@@H](N)c1cc([N+](=O)[O-])ccc1F. The van der Waals surface area contributed by atoms with Crippen LogP contribution in [-0.4, -0.2) is 4.92 Å². The Morgan fingerprint density at radius 2 is 2.25 bits per heavy atom. The zero-order valence-corrected chi connectivity index (χ0v) is 9.15. The first-order chi connectivity index (χ1) is 7.56. The number of non-ortho nitro benzene ring substituents is 1. The molecule has 1 rings (SSSR count). The van der Waals surface area contributed by atoms with Crippen LogP contribution < -0.4 is 5.73 Å². The minimum absolute atomic E-state index is 0.122. The normalized spacial score (nSPS) is 12.4. The summed E-state index contributed by atoms with van der Waals surface area (Å²) in [6, 6.07) is 2.99. The summed E-state index contributed by atoms with van der Waals surface area (Å²) in [7, 11) is 0. The molecule has 0 radical (unpaired) electrons. The van der Waals surface area contributed by atoms with Crippen LogP contribution in [0.3, 0.4) is 0 Å². The standard InChI is InChI=1S/C11H15FN2O2/c1-2-3-4-11(13)9-7-8(14(15)16)5-6-10(9)12/h5-7,11H,2-4,13H2,1H3/t11-/m1/s1. The number of nitrogens with two attached hydrogens (primary N) is 1. The highest BCUT2D eigenvalue weighted by molar-refractivity contribution is 5.36. The molecule has 5 heteroatoms. The Bertz CT molecular complexity index is 382. The second kappa shape index (κ2) is 5.55. The minimum atomic E-state index is -0.546. The lowest BCUT2D eigenvalue weighted by Crippen LogP contribution is -2.12. The Labute approximate surface area is 93.4 Å². The first kappa shape index (κ1) is 12.6. The third kappa shape index (κ3) is 3.00. The lowest BCUT2D eigenvalue weighted by Gasteiger charge is -2.11. The average molecular weight is 226 g/mol. The highest BCUT2D eigenvalue weighted by Crippen LogP contribution is 2.24. The van der Waals surface area contributed by atoms with E-state index in [4.69, 9.17) is 5.73 Å². The molecule has 4 nitrogen and oxygen atoms in total. The Balaban J connectivity index is 2.92. The molecule has 0 aromatic heterocycles. The third-order valence-electron chi connectivity index (χ3n) is 2.46. The number of nitrogens with zero attached hydrogens (tertiary/aromatic N) is 1. The van der Waals surface area contributed by atoms with E-state index < -0.39 is 16.8 Å². The smallest absolute Gasteiger partial charge is 0.269 e. The second-order valence-corrected chi connectivity index (χ2v) is 3.71. The van der Waals surface area contributed by atoms with Crippen molar-refractivity contribution in [3.05, 3.63) is 39.7 Å². The molecule has 0 fully saturated rings. The molecule has 0 saturated heterocycles. The summed E-state index contributed by atoms with van der Waals surface area (Å²) < 4.78 is 13.4. The summed E-state index contributed by atoms with van der Waals surface area (Å²) in [6.45, 7) is 2.01. The molecule has 0 unspecified atom stereocenters. The molecule has 2 N–H and O–H groups in total. The molecule has 16 heavy (non-hydrogen) atoms. The van der Waals surface area contributed by atoms with Gasteiger partial charge in [0.2, 0.25) is 0 Å².